The van der Waals surface area contributed by atoms with Gasteiger partial charge in [0.25, 0.3) is 0 Å². The Labute approximate surface area is 107 Å². The van der Waals surface area contributed by atoms with Crippen LogP contribution in [-0.4, -0.2) is 21.0 Å². The van der Waals surface area contributed by atoms with E-state index in [1.807, 2.05) is 0 Å². The van der Waals surface area contributed by atoms with Crippen LogP contribution in [0.25, 0.3) is 6.08 Å². The van der Waals surface area contributed by atoms with E-state index in [9.17, 15) is 8.42 Å². The maximum atomic E-state index is 12.3. The van der Waals surface area contributed by atoms with Crippen molar-refractivity contribution >= 4 is 21.6 Å². The summed E-state index contributed by atoms with van der Waals surface area (Å²) < 4.78 is 24.6. The molecule has 2 aliphatic rings. The molecule has 0 atom stereocenters. The number of fused-ring (bicyclic) bond motifs is 1. The zero-order valence-electron chi connectivity index (χ0n) is 10.0. The molecule has 1 saturated carbocycles. The lowest BCUT2D eigenvalue weighted by Crippen LogP contribution is -2.36. The van der Waals surface area contributed by atoms with Crippen molar-refractivity contribution in [2.24, 2.45) is 0 Å². The van der Waals surface area contributed by atoms with E-state index in [1.165, 1.54) is 12.5 Å². The largest absolute Gasteiger partial charge is 0.399 e. The van der Waals surface area contributed by atoms with Gasteiger partial charge >= 0.3 is 0 Å². The van der Waals surface area contributed by atoms with Crippen molar-refractivity contribution in [3.05, 3.63) is 28.7 Å². The van der Waals surface area contributed by atoms with Gasteiger partial charge in [-0.05, 0) is 36.6 Å². The third kappa shape index (κ3) is 1.83. The Morgan fingerprint density at radius 1 is 1.33 bits per heavy atom. The summed E-state index contributed by atoms with van der Waals surface area (Å²) in [6.07, 6.45) is 5.27. The summed E-state index contributed by atoms with van der Waals surface area (Å²) in [6, 6.07) is 5.51. The fourth-order valence-electron chi connectivity index (χ4n) is 2.30. The third-order valence-electron chi connectivity index (χ3n) is 3.66. The van der Waals surface area contributed by atoms with Crippen LogP contribution in [0.5, 0.6) is 0 Å². The van der Waals surface area contributed by atoms with Crippen LogP contribution in [0.3, 0.4) is 0 Å². The number of hydrogen-bond donors (Lipinski definition) is 2. The normalized spacial score (nSPS) is 21.2. The number of rotatable bonds is 3. The highest BCUT2D eigenvalue weighted by Crippen LogP contribution is 2.34. The van der Waals surface area contributed by atoms with Gasteiger partial charge in [-0.25, -0.2) is 8.42 Å². The zero-order chi connectivity index (χ0) is 12.8. The highest BCUT2D eigenvalue weighted by Gasteiger charge is 2.30. The Morgan fingerprint density at radius 2 is 2.11 bits per heavy atom. The number of sulfone groups is 1. The van der Waals surface area contributed by atoms with E-state index in [2.05, 4.69) is 5.32 Å². The molecule has 1 aromatic rings. The van der Waals surface area contributed by atoms with Crippen molar-refractivity contribution in [2.75, 3.05) is 12.3 Å². The lowest BCUT2D eigenvalue weighted by atomic mass is 9.93. The van der Waals surface area contributed by atoms with Crippen molar-refractivity contribution in [2.45, 2.75) is 30.2 Å². The predicted molar refractivity (Wildman–Crippen MR) is 71.7 cm³/mol. The van der Waals surface area contributed by atoms with Gasteiger partial charge in [-0.1, -0.05) is 12.5 Å². The van der Waals surface area contributed by atoms with E-state index in [4.69, 9.17) is 5.73 Å². The molecule has 18 heavy (non-hydrogen) atoms. The van der Waals surface area contributed by atoms with Crippen LogP contribution < -0.4 is 11.1 Å². The minimum Gasteiger partial charge on any atom is -0.399 e. The molecule has 1 heterocycles. The molecular weight excluding hydrogens is 248 g/mol. The van der Waals surface area contributed by atoms with Crippen LogP contribution in [0.2, 0.25) is 0 Å². The second-order valence-electron chi connectivity index (χ2n) is 4.92. The maximum Gasteiger partial charge on any atom is 0.204 e. The van der Waals surface area contributed by atoms with Crippen LogP contribution in [0.1, 0.15) is 24.8 Å². The number of benzene rings is 1. The quantitative estimate of drug-likeness (QED) is 0.812. The number of anilines is 1. The Bertz CT molecular complexity index is 616. The molecule has 5 heteroatoms. The van der Waals surface area contributed by atoms with Crippen molar-refractivity contribution < 1.29 is 8.42 Å². The number of nitrogens with one attached hydrogen (secondary N) is 1. The van der Waals surface area contributed by atoms with Crippen LogP contribution in [-0.2, 0) is 9.84 Å². The molecule has 0 bridgehead atoms. The summed E-state index contributed by atoms with van der Waals surface area (Å²) in [7, 11) is -3.33. The Balaban J connectivity index is 1.85. The van der Waals surface area contributed by atoms with E-state index in [1.54, 1.807) is 18.2 Å². The van der Waals surface area contributed by atoms with Gasteiger partial charge in [-0.2, -0.15) is 0 Å². The first-order chi connectivity index (χ1) is 8.57. The minimum atomic E-state index is -3.33. The molecule has 1 aromatic carbocycles. The van der Waals surface area contributed by atoms with Gasteiger partial charge < -0.3 is 11.1 Å². The van der Waals surface area contributed by atoms with Crippen molar-refractivity contribution in [3.63, 3.8) is 0 Å². The molecule has 1 aliphatic heterocycles. The molecule has 1 fully saturated rings. The first-order valence-corrected chi connectivity index (χ1v) is 7.64. The Morgan fingerprint density at radius 3 is 2.78 bits per heavy atom. The molecule has 3 N–H and O–H groups in total. The summed E-state index contributed by atoms with van der Waals surface area (Å²) in [5.74, 6) is 0. The highest BCUT2D eigenvalue weighted by atomic mass is 32.2. The van der Waals surface area contributed by atoms with Gasteiger partial charge in [-0.3, -0.25) is 0 Å². The van der Waals surface area contributed by atoms with Crippen LogP contribution in [0, 0.1) is 0 Å². The third-order valence-corrected chi connectivity index (χ3v) is 5.54. The molecule has 0 unspecified atom stereocenters. The monoisotopic (exact) mass is 264 g/mol. The Hall–Kier alpha value is -1.33. The predicted octanol–water partition coefficient (Wildman–Crippen LogP) is 1.54. The molecule has 3 rings (SSSR count). The average Bonchev–Trinajstić information content (AvgIpc) is 2.50. The first-order valence-electron chi connectivity index (χ1n) is 6.16. The van der Waals surface area contributed by atoms with E-state index in [-0.39, 0.29) is 0 Å². The smallest absolute Gasteiger partial charge is 0.204 e. The van der Waals surface area contributed by atoms with Gasteiger partial charge in [0.2, 0.25) is 9.84 Å². The second-order valence-corrected chi connectivity index (χ2v) is 6.89. The first kappa shape index (κ1) is 11.7. The minimum absolute atomic E-state index is 0.341. The average molecular weight is 264 g/mol. The van der Waals surface area contributed by atoms with E-state index in [0.29, 0.717) is 28.1 Å². The van der Waals surface area contributed by atoms with Gasteiger partial charge in [0.05, 0.1) is 9.80 Å². The lowest BCUT2D eigenvalue weighted by molar-refractivity contribution is 0.351. The van der Waals surface area contributed by atoms with Crippen molar-refractivity contribution in [1.29, 1.82) is 0 Å². The molecule has 0 amide bonds. The zero-order valence-corrected chi connectivity index (χ0v) is 10.8. The maximum absolute atomic E-state index is 12.3. The molecule has 0 spiro atoms. The van der Waals surface area contributed by atoms with Crippen LogP contribution >= 0.6 is 0 Å². The molecule has 4 nitrogen and oxygen atoms in total. The SMILES string of the molecule is Nc1ccc2c(c1)S(=O)(=O)C(CNC1CCC1)=C2. The van der Waals surface area contributed by atoms with Gasteiger partial charge in [-0.15, -0.1) is 0 Å². The molecule has 0 aromatic heterocycles. The van der Waals surface area contributed by atoms with E-state index < -0.39 is 9.84 Å². The summed E-state index contributed by atoms with van der Waals surface area (Å²) in [4.78, 5) is 0.794. The second kappa shape index (κ2) is 4.10. The number of nitrogens with two attached hydrogens (primary N) is 1. The molecular formula is C13H16N2O2S. The standard InChI is InChI=1S/C13H16N2O2S/c14-10-5-4-9-6-12(8-15-11-2-1-3-11)18(16,17)13(9)7-10/h4-7,11,15H,1-3,8,14H2. The Kier molecular flexibility index (Phi) is 2.68. The van der Waals surface area contributed by atoms with Gasteiger partial charge in [0, 0.05) is 18.3 Å². The molecule has 1 aliphatic carbocycles. The topological polar surface area (TPSA) is 72.2 Å². The van der Waals surface area contributed by atoms with Crippen molar-refractivity contribution in [1.82, 2.24) is 5.32 Å². The summed E-state index contributed by atoms with van der Waals surface area (Å²) in [5, 5.41) is 3.29. The van der Waals surface area contributed by atoms with Gasteiger partial charge in [0.15, 0.2) is 0 Å². The summed E-state index contributed by atoms with van der Waals surface area (Å²) >= 11 is 0. The number of nitrogen functional groups attached to an aromatic ring is 1. The van der Waals surface area contributed by atoms with E-state index >= 15 is 0 Å². The number of hydrogen-bond acceptors (Lipinski definition) is 4. The van der Waals surface area contributed by atoms with E-state index in [0.717, 1.165) is 18.4 Å². The molecule has 0 saturated heterocycles. The van der Waals surface area contributed by atoms with Crippen LogP contribution in [0.15, 0.2) is 28.0 Å². The van der Waals surface area contributed by atoms with Crippen molar-refractivity contribution in [3.8, 4) is 0 Å². The highest BCUT2D eigenvalue weighted by molar-refractivity contribution is 7.95. The lowest BCUT2D eigenvalue weighted by Gasteiger charge is -2.26. The molecule has 96 valence electrons. The fraction of sp³-hybridized carbons (Fsp3) is 0.385. The molecule has 0 radical (unpaired) electrons. The van der Waals surface area contributed by atoms with Crippen LogP contribution in [0.4, 0.5) is 5.69 Å². The summed E-state index contributed by atoms with van der Waals surface area (Å²) in [5.41, 5.74) is 6.88. The van der Waals surface area contributed by atoms with Gasteiger partial charge in [0.1, 0.15) is 0 Å². The fourth-order valence-corrected chi connectivity index (χ4v) is 3.86. The summed E-state index contributed by atoms with van der Waals surface area (Å²) in [6.45, 7) is 0.418.